The molecule has 2 aromatic rings. The van der Waals surface area contributed by atoms with Gasteiger partial charge in [0.1, 0.15) is 0 Å². The highest BCUT2D eigenvalue weighted by Gasteiger charge is 2.26. The average Bonchev–Trinajstić information content (AvgIpc) is 2.81. The third kappa shape index (κ3) is 2.87. The van der Waals surface area contributed by atoms with E-state index in [2.05, 4.69) is 9.71 Å². The lowest BCUT2D eigenvalue weighted by atomic mass is 9.85. The number of benzene rings is 1. The van der Waals surface area contributed by atoms with Crippen molar-refractivity contribution in [2.24, 2.45) is 0 Å². The van der Waals surface area contributed by atoms with E-state index in [1.54, 1.807) is 0 Å². The highest BCUT2D eigenvalue weighted by Crippen LogP contribution is 2.29. The fourth-order valence-corrected chi connectivity index (χ4v) is 2.93. The molecule has 20 heavy (non-hydrogen) atoms. The summed E-state index contributed by atoms with van der Waals surface area (Å²) >= 11 is 0. The van der Waals surface area contributed by atoms with E-state index in [9.17, 15) is 8.42 Å². The molecule has 0 atom stereocenters. The molecule has 0 saturated heterocycles. The molecule has 1 aromatic carbocycles. The maximum atomic E-state index is 11.8. The van der Waals surface area contributed by atoms with Crippen LogP contribution in [0.25, 0.3) is 10.9 Å². The Morgan fingerprint density at radius 3 is 2.55 bits per heavy atom. The fourth-order valence-electron chi connectivity index (χ4n) is 2.13. The molecule has 0 saturated carbocycles. The molecule has 0 bridgehead atoms. The molecule has 0 spiro atoms. The second-order valence-electron chi connectivity index (χ2n) is 5.74. The van der Waals surface area contributed by atoms with Crippen molar-refractivity contribution >= 4 is 21.1 Å². The Labute approximate surface area is 120 Å². The van der Waals surface area contributed by atoms with Crippen LogP contribution in [0.5, 0.6) is 0 Å². The number of aromatic amines is 1. The third-order valence-electron chi connectivity index (χ3n) is 3.50. The predicted octanol–water partition coefficient (Wildman–Crippen LogP) is 1.84. The van der Waals surface area contributed by atoms with Gasteiger partial charge in [0, 0.05) is 43.2 Å². The molecule has 0 amide bonds. The van der Waals surface area contributed by atoms with E-state index in [1.807, 2.05) is 44.3 Å². The summed E-state index contributed by atoms with van der Waals surface area (Å²) in [6.45, 7) is 4.40. The Hall–Kier alpha value is -1.37. The van der Waals surface area contributed by atoms with Gasteiger partial charge in [-0.2, -0.15) is 12.7 Å². The van der Waals surface area contributed by atoms with Gasteiger partial charge in [-0.3, -0.25) is 0 Å². The molecule has 110 valence electrons. The van der Waals surface area contributed by atoms with Crippen LogP contribution in [0.15, 0.2) is 30.5 Å². The van der Waals surface area contributed by atoms with Crippen LogP contribution in [0.2, 0.25) is 0 Å². The molecule has 0 aliphatic heterocycles. The molecule has 0 aliphatic rings. The first-order chi connectivity index (χ1) is 9.24. The van der Waals surface area contributed by atoms with E-state index in [0.29, 0.717) is 6.54 Å². The minimum atomic E-state index is -3.40. The number of para-hydroxylation sites is 1. The van der Waals surface area contributed by atoms with Crippen molar-refractivity contribution in [3.8, 4) is 0 Å². The molecule has 0 radical (unpaired) electrons. The average molecular weight is 295 g/mol. The van der Waals surface area contributed by atoms with Gasteiger partial charge in [-0.05, 0) is 11.6 Å². The zero-order chi connectivity index (χ0) is 15.0. The van der Waals surface area contributed by atoms with Crippen molar-refractivity contribution in [1.82, 2.24) is 14.0 Å². The monoisotopic (exact) mass is 295 g/mol. The molecule has 2 rings (SSSR count). The molecule has 1 aromatic heterocycles. The Morgan fingerprint density at radius 1 is 1.25 bits per heavy atom. The normalized spacial score (nSPS) is 13.2. The van der Waals surface area contributed by atoms with Crippen LogP contribution in [-0.2, 0) is 15.6 Å². The minimum Gasteiger partial charge on any atom is -0.361 e. The summed E-state index contributed by atoms with van der Waals surface area (Å²) in [6, 6.07) is 8.02. The molecular formula is C14H21N3O2S. The van der Waals surface area contributed by atoms with E-state index < -0.39 is 10.2 Å². The topological polar surface area (TPSA) is 65.2 Å². The Bertz CT molecular complexity index is 702. The zero-order valence-electron chi connectivity index (χ0n) is 12.3. The van der Waals surface area contributed by atoms with E-state index in [-0.39, 0.29) is 5.41 Å². The highest BCUT2D eigenvalue weighted by molar-refractivity contribution is 7.87. The largest absolute Gasteiger partial charge is 0.361 e. The first kappa shape index (κ1) is 15.0. The van der Waals surface area contributed by atoms with Crippen LogP contribution in [0, 0.1) is 0 Å². The van der Waals surface area contributed by atoms with Crippen LogP contribution in [0.3, 0.4) is 0 Å². The summed E-state index contributed by atoms with van der Waals surface area (Å²) in [4.78, 5) is 3.23. The zero-order valence-corrected chi connectivity index (χ0v) is 13.1. The fraction of sp³-hybridized carbons (Fsp3) is 0.429. The van der Waals surface area contributed by atoms with Crippen molar-refractivity contribution in [3.05, 3.63) is 36.0 Å². The van der Waals surface area contributed by atoms with Gasteiger partial charge in [0.25, 0.3) is 10.2 Å². The number of nitrogens with zero attached hydrogens (tertiary/aromatic N) is 1. The van der Waals surface area contributed by atoms with Gasteiger partial charge in [-0.15, -0.1) is 0 Å². The second-order valence-corrected chi connectivity index (χ2v) is 7.71. The standard InChI is InChI=1S/C14H21N3O2S/c1-14(2,10-16-20(18,19)17(3)4)12-9-15-13-8-6-5-7-11(12)13/h5-9,15-16H,10H2,1-4H3. The number of aromatic nitrogens is 1. The number of rotatable bonds is 5. The quantitative estimate of drug-likeness (QED) is 0.884. The summed E-state index contributed by atoms with van der Waals surface area (Å²) in [6.07, 6.45) is 1.95. The Balaban J connectivity index is 2.27. The van der Waals surface area contributed by atoms with E-state index >= 15 is 0 Å². The van der Waals surface area contributed by atoms with Gasteiger partial charge in [0.15, 0.2) is 0 Å². The van der Waals surface area contributed by atoms with Crippen LogP contribution in [0.4, 0.5) is 0 Å². The summed E-state index contributed by atoms with van der Waals surface area (Å²) in [7, 11) is -0.373. The highest BCUT2D eigenvalue weighted by atomic mass is 32.2. The van der Waals surface area contributed by atoms with Gasteiger partial charge in [0.05, 0.1) is 0 Å². The molecule has 1 heterocycles. The summed E-state index contributed by atoms with van der Waals surface area (Å²) in [5.74, 6) is 0. The van der Waals surface area contributed by atoms with Gasteiger partial charge in [-0.25, -0.2) is 4.72 Å². The van der Waals surface area contributed by atoms with Crippen molar-refractivity contribution in [2.45, 2.75) is 19.3 Å². The number of hydrogen-bond donors (Lipinski definition) is 2. The molecule has 5 nitrogen and oxygen atoms in total. The van der Waals surface area contributed by atoms with Crippen LogP contribution >= 0.6 is 0 Å². The maximum absolute atomic E-state index is 11.8. The summed E-state index contributed by atoms with van der Waals surface area (Å²) < 4.78 is 27.4. The van der Waals surface area contributed by atoms with Crippen LogP contribution < -0.4 is 4.72 Å². The summed E-state index contributed by atoms with van der Waals surface area (Å²) in [5, 5.41) is 1.13. The number of hydrogen-bond acceptors (Lipinski definition) is 2. The number of fused-ring (bicyclic) bond motifs is 1. The SMILES string of the molecule is CN(C)S(=O)(=O)NCC(C)(C)c1c[nH]c2ccccc12. The second kappa shape index (κ2) is 5.20. The van der Waals surface area contributed by atoms with Crippen molar-refractivity contribution in [1.29, 1.82) is 0 Å². The van der Waals surface area contributed by atoms with Crippen LogP contribution in [-0.4, -0.2) is 38.3 Å². The molecule has 6 heteroatoms. The lowest BCUT2D eigenvalue weighted by molar-refractivity contribution is 0.471. The van der Waals surface area contributed by atoms with Gasteiger partial charge in [-0.1, -0.05) is 32.0 Å². The Kier molecular flexibility index (Phi) is 3.90. The van der Waals surface area contributed by atoms with Gasteiger partial charge < -0.3 is 4.98 Å². The predicted molar refractivity (Wildman–Crippen MR) is 81.9 cm³/mol. The van der Waals surface area contributed by atoms with Gasteiger partial charge in [0.2, 0.25) is 0 Å². The molecular weight excluding hydrogens is 274 g/mol. The molecule has 0 unspecified atom stereocenters. The lowest BCUT2D eigenvalue weighted by Gasteiger charge is -2.25. The minimum absolute atomic E-state index is 0.303. The summed E-state index contributed by atoms with van der Waals surface area (Å²) in [5.41, 5.74) is 1.86. The number of nitrogens with one attached hydrogen (secondary N) is 2. The number of H-pyrrole nitrogens is 1. The van der Waals surface area contributed by atoms with Crippen molar-refractivity contribution < 1.29 is 8.42 Å². The van der Waals surface area contributed by atoms with E-state index in [1.165, 1.54) is 18.4 Å². The van der Waals surface area contributed by atoms with E-state index in [4.69, 9.17) is 0 Å². The van der Waals surface area contributed by atoms with E-state index in [0.717, 1.165) is 16.5 Å². The van der Waals surface area contributed by atoms with Crippen molar-refractivity contribution in [3.63, 3.8) is 0 Å². The first-order valence-corrected chi connectivity index (χ1v) is 7.92. The smallest absolute Gasteiger partial charge is 0.278 e. The van der Waals surface area contributed by atoms with Gasteiger partial charge >= 0.3 is 0 Å². The molecule has 0 fully saturated rings. The molecule has 2 N–H and O–H groups in total. The molecule has 0 aliphatic carbocycles. The third-order valence-corrected chi connectivity index (χ3v) is 4.97. The lowest BCUT2D eigenvalue weighted by Crippen LogP contribution is -2.42. The Morgan fingerprint density at radius 2 is 1.90 bits per heavy atom. The van der Waals surface area contributed by atoms with Crippen LogP contribution in [0.1, 0.15) is 19.4 Å². The maximum Gasteiger partial charge on any atom is 0.278 e. The first-order valence-electron chi connectivity index (χ1n) is 6.48. The van der Waals surface area contributed by atoms with Crippen molar-refractivity contribution in [2.75, 3.05) is 20.6 Å².